The average Bonchev–Trinajstić information content (AvgIpc) is 2.54. The van der Waals surface area contributed by atoms with Crippen LogP contribution < -0.4 is 5.73 Å². The number of hydrogen-bond donors (Lipinski definition) is 2. The van der Waals surface area contributed by atoms with Crippen LogP contribution >= 0.6 is 0 Å². The molecule has 0 spiro atoms. The zero-order valence-electron chi connectivity index (χ0n) is 7.21. The van der Waals surface area contributed by atoms with E-state index in [1.54, 1.807) is 0 Å². The number of anilines is 1. The van der Waals surface area contributed by atoms with Crippen molar-refractivity contribution < 1.29 is 1.43 Å². The standard InChI is InChI=1S/C9H15N3.H2/c10-9-6-8(11-12-9)7-4-2-1-3-5-7;/h6-7H,1-5H2,(H3,10,11,12);1H. The van der Waals surface area contributed by atoms with Crippen LogP contribution in [0.2, 0.25) is 0 Å². The minimum atomic E-state index is 0. The highest BCUT2D eigenvalue weighted by atomic mass is 15.2. The summed E-state index contributed by atoms with van der Waals surface area (Å²) in [6.45, 7) is 0. The van der Waals surface area contributed by atoms with Crippen molar-refractivity contribution >= 4 is 5.82 Å². The summed E-state index contributed by atoms with van der Waals surface area (Å²) in [5.41, 5.74) is 6.77. The molecule has 3 heteroatoms. The Hall–Kier alpha value is -0.990. The van der Waals surface area contributed by atoms with Crippen LogP contribution in [-0.2, 0) is 0 Å². The maximum Gasteiger partial charge on any atom is 0.145 e. The van der Waals surface area contributed by atoms with Crippen LogP contribution in [0.5, 0.6) is 0 Å². The quantitative estimate of drug-likeness (QED) is 0.674. The second kappa shape index (κ2) is 3.17. The maximum atomic E-state index is 5.54. The number of H-pyrrole nitrogens is 1. The molecule has 0 atom stereocenters. The van der Waals surface area contributed by atoms with Crippen LogP contribution in [-0.4, -0.2) is 10.2 Å². The van der Waals surface area contributed by atoms with Crippen molar-refractivity contribution in [3.63, 3.8) is 0 Å². The van der Waals surface area contributed by atoms with Gasteiger partial charge in [0.1, 0.15) is 5.82 Å². The predicted molar refractivity (Wildman–Crippen MR) is 50.9 cm³/mol. The SMILES string of the molecule is Nc1cc(C2CCCCC2)[nH]n1.[HH]. The fourth-order valence-corrected chi connectivity index (χ4v) is 1.98. The van der Waals surface area contributed by atoms with Gasteiger partial charge in [-0.2, -0.15) is 5.10 Å². The van der Waals surface area contributed by atoms with Crippen LogP contribution in [0.25, 0.3) is 0 Å². The first-order valence-corrected chi connectivity index (χ1v) is 4.67. The van der Waals surface area contributed by atoms with Crippen LogP contribution in [0.4, 0.5) is 5.82 Å². The van der Waals surface area contributed by atoms with Crippen molar-refractivity contribution in [2.24, 2.45) is 0 Å². The van der Waals surface area contributed by atoms with Crippen LogP contribution in [0.1, 0.15) is 45.1 Å². The molecule has 1 aromatic rings. The lowest BCUT2D eigenvalue weighted by Crippen LogP contribution is -2.04. The first-order chi connectivity index (χ1) is 5.86. The largest absolute Gasteiger partial charge is 0.382 e. The van der Waals surface area contributed by atoms with E-state index < -0.39 is 0 Å². The van der Waals surface area contributed by atoms with Crippen LogP contribution in [0.3, 0.4) is 0 Å². The third-order valence-corrected chi connectivity index (χ3v) is 2.66. The molecule has 1 aromatic heterocycles. The molecule has 0 unspecified atom stereocenters. The molecule has 1 aliphatic carbocycles. The molecular weight excluding hydrogens is 150 g/mol. The highest BCUT2D eigenvalue weighted by Gasteiger charge is 2.16. The highest BCUT2D eigenvalue weighted by molar-refractivity contribution is 5.30. The smallest absolute Gasteiger partial charge is 0.145 e. The summed E-state index contributed by atoms with van der Waals surface area (Å²) in [5.74, 6) is 1.30. The molecule has 0 amide bonds. The van der Waals surface area contributed by atoms with Crippen molar-refractivity contribution in [3.05, 3.63) is 11.8 Å². The van der Waals surface area contributed by atoms with E-state index in [4.69, 9.17) is 5.73 Å². The number of aromatic nitrogens is 2. The predicted octanol–water partition coefficient (Wildman–Crippen LogP) is 2.29. The Labute approximate surface area is 73.8 Å². The number of hydrogen-bond acceptors (Lipinski definition) is 2. The fraction of sp³-hybridized carbons (Fsp3) is 0.667. The maximum absolute atomic E-state index is 5.54. The Balaban J connectivity index is 0.000000845. The van der Waals surface area contributed by atoms with Gasteiger partial charge in [-0.1, -0.05) is 19.3 Å². The first-order valence-electron chi connectivity index (χ1n) is 4.67. The van der Waals surface area contributed by atoms with E-state index in [0.29, 0.717) is 11.7 Å². The van der Waals surface area contributed by atoms with E-state index in [1.807, 2.05) is 6.07 Å². The van der Waals surface area contributed by atoms with Gasteiger partial charge in [-0.05, 0) is 12.8 Å². The number of nitrogens with two attached hydrogens (primary N) is 1. The number of nitrogen functional groups attached to an aromatic ring is 1. The Morgan fingerprint density at radius 1 is 1.42 bits per heavy atom. The van der Waals surface area contributed by atoms with Gasteiger partial charge in [-0.25, -0.2) is 0 Å². The molecule has 1 saturated carbocycles. The molecule has 0 radical (unpaired) electrons. The summed E-state index contributed by atoms with van der Waals surface area (Å²) in [6, 6.07) is 1.97. The van der Waals surface area contributed by atoms with Gasteiger partial charge >= 0.3 is 0 Å². The molecule has 68 valence electrons. The van der Waals surface area contributed by atoms with Gasteiger partial charge in [0.25, 0.3) is 0 Å². The summed E-state index contributed by atoms with van der Waals surface area (Å²) < 4.78 is 0. The van der Waals surface area contributed by atoms with Gasteiger partial charge in [0, 0.05) is 19.1 Å². The lowest BCUT2D eigenvalue weighted by atomic mass is 9.87. The molecule has 2 rings (SSSR count). The van der Waals surface area contributed by atoms with Gasteiger partial charge in [-0.3, -0.25) is 5.10 Å². The molecule has 0 aromatic carbocycles. The molecule has 12 heavy (non-hydrogen) atoms. The molecule has 1 aliphatic rings. The second-order valence-corrected chi connectivity index (χ2v) is 3.58. The molecule has 0 saturated heterocycles. The van der Waals surface area contributed by atoms with Crippen molar-refractivity contribution in [2.45, 2.75) is 38.0 Å². The summed E-state index contributed by atoms with van der Waals surface area (Å²) in [7, 11) is 0. The van der Waals surface area contributed by atoms with E-state index >= 15 is 0 Å². The number of rotatable bonds is 1. The zero-order valence-corrected chi connectivity index (χ0v) is 7.21. The summed E-state index contributed by atoms with van der Waals surface area (Å²) in [4.78, 5) is 0. The van der Waals surface area contributed by atoms with Gasteiger partial charge in [0.2, 0.25) is 0 Å². The van der Waals surface area contributed by atoms with Gasteiger partial charge in [-0.15, -0.1) is 0 Å². The van der Waals surface area contributed by atoms with Crippen molar-refractivity contribution in [1.82, 2.24) is 10.2 Å². The number of aromatic amines is 1. The number of nitrogens with one attached hydrogen (secondary N) is 1. The average molecular weight is 167 g/mol. The normalized spacial score (nSPS) is 19.7. The van der Waals surface area contributed by atoms with Gasteiger partial charge in [0.05, 0.1) is 0 Å². The molecule has 0 bridgehead atoms. The van der Waals surface area contributed by atoms with E-state index in [9.17, 15) is 0 Å². The zero-order chi connectivity index (χ0) is 8.39. The Bertz CT molecular complexity index is 253. The summed E-state index contributed by atoms with van der Waals surface area (Å²) in [6.07, 6.45) is 6.68. The Morgan fingerprint density at radius 2 is 2.17 bits per heavy atom. The minimum Gasteiger partial charge on any atom is -0.382 e. The molecule has 1 heterocycles. The Kier molecular flexibility index (Phi) is 2.02. The first kappa shape index (κ1) is 7.65. The van der Waals surface area contributed by atoms with Gasteiger partial charge in [0.15, 0.2) is 0 Å². The number of nitrogens with zero attached hydrogens (tertiary/aromatic N) is 1. The van der Waals surface area contributed by atoms with Crippen molar-refractivity contribution in [3.8, 4) is 0 Å². The van der Waals surface area contributed by atoms with E-state index in [0.717, 1.165) is 0 Å². The molecule has 3 N–H and O–H groups in total. The molecular formula is C9H17N3. The van der Waals surface area contributed by atoms with Crippen LogP contribution in [0, 0.1) is 0 Å². The van der Waals surface area contributed by atoms with Crippen molar-refractivity contribution in [1.29, 1.82) is 0 Å². The second-order valence-electron chi connectivity index (χ2n) is 3.58. The fourth-order valence-electron chi connectivity index (χ4n) is 1.98. The lowest BCUT2D eigenvalue weighted by Gasteiger charge is -2.19. The van der Waals surface area contributed by atoms with Crippen molar-refractivity contribution in [2.75, 3.05) is 5.73 Å². The minimum absolute atomic E-state index is 0. The summed E-state index contributed by atoms with van der Waals surface area (Å²) >= 11 is 0. The Morgan fingerprint density at radius 3 is 2.75 bits per heavy atom. The molecule has 1 fully saturated rings. The molecule has 0 aliphatic heterocycles. The molecule has 3 nitrogen and oxygen atoms in total. The third-order valence-electron chi connectivity index (χ3n) is 2.66. The van der Waals surface area contributed by atoms with Gasteiger partial charge < -0.3 is 5.73 Å². The third kappa shape index (κ3) is 1.44. The lowest BCUT2D eigenvalue weighted by molar-refractivity contribution is 0.436. The van der Waals surface area contributed by atoms with E-state index in [-0.39, 0.29) is 1.43 Å². The monoisotopic (exact) mass is 167 g/mol. The summed E-state index contributed by atoms with van der Waals surface area (Å²) in [5, 5.41) is 6.94. The topological polar surface area (TPSA) is 54.7 Å². The van der Waals surface area contributed by atoms with E-state index in [2.05, 4.69) is 10.2 Å². The van der Waals surface area contributed by atoms with E-state index in [1.165, 1.54) is 37.8 Å². The highest BCUT2D eigenvalue weighted by Crippen LogP contribution is 2.31. The van der Waals surface area contributed by atoms with Crippen LogP contribution in [0.15, 0.2) is 6.07 Å².